The van der Waals surface area contributed by atoms with E-state index in [4.69, 9.17) is 10.8 Å². The molecule has 2 atom stereocenters. The Morgan fingerprint density at radius 2 is 2.14 bits per heavy atom. The molecule has 0 aromatic heterocycles. The van der Waals surface area contributed by atoms with Crippen LogP contribution in [0.5, 0.6) is 0 Å². The maximum Gasteiger partial charge on any atom is 0.303 e. The summed E-state index contributed by atoms with van der Waals surface area (Å²) in [7, 11) is 0. The number of benzene rings is 1. The smallest absolute Gasteiger partial charge is 0.303 e. The van der Waals surface area contributed by atoms with Gasteiger partial charge in [-0.25, -0.2) is 0 Å². The lowest BCUT2D eigenvalue weighted by Crippen LogP contribution is -2.35. The number of nitrogen functional groups attached to an aromatic ring is 1. The predicted molar refractivity (Wildman–Crippen MR) is 91.0 cm³/mol. The van der Waals surface area contributed by atoms with Gasteiger partial charge in [0.05, 0.1) is 11.4 Å². The Morgan fingerprint density at radius 1 is 1.41 bits per heavy atom. The first-order valence-electron chi connectivity index (χ1n) is 8.12. The highest BCUT2D eigenvalue weighted by atomic mass is 16.4. The summed E-state index contributed by atoms with van der Waals surface area (Å²) in [6.45, 7) is 6.97. The van der Waals surface area contributed by atoms with E-state index in [0.29, 0.717) is 23.6 Å². The molecule has 0 bridgehead atoms. The number of aryl methyl sites for hydroxylation is 1. The maximum absolute atomic E-state index is 10.6. The summed E-state index contributed by atoms with van der Waals surface area (Å²) in [5, 5.41) is 12.3. The Balaban J connectivity index is 2.02. The van der Waals surface area contributed by atoms with Crippen molar-refractivity contribution < 1.29 is 9.90 Å². The van der Waals surface area contributed by atoms with Crippen LogP contribution >= 0.6 is 0 Å². The van der Waals surface area contributed by atoms with Crippen molar-refractivity contribution >= 4 is 17.3 Å². The molecular formula is C18H28N2O2. The lowest BCUT2D eigenvalue weighted by atomic mass is 9.70. The first-order valence-corrected chi connectivity index (χ1v) is 8.12. The fraction of sp³-hybridized carbons (Fsp3) is 0.611. The Hall–Kier alpha value is -1.71. The van der Waals surface area contributed by atoms with E-state index in [9.17, 15) is 4.79 Å². The van der Waals surface area contributed by atoms with Crippen molar-refractivity contribution in [3.05, 3.63) is 23.8 Å². The van der Waals surface area contributed by atoms with Crippen molar-refractivity contribution in [3.8, 4) is 0 Å². The van der Waals surface area contributed by atoms with Crippen molar-refractivity contribution in [2.24, 2.45) is 11.3 Å². The maximum atomic E-state index is 10.6. The van der Waals surface area contributed by atoms with E-state index in [0.717, 1.165) is 23.6 Å². The molecule has 2 rings (SSSR count). The SMILES string of the molecule is C[C@H]1C[C@@H](Nc2ccc(CCC(=O)O)cc2N)CC(C)(C)C1. The van der Waals surface area contributed by atoms with Crippen LogP contribution in [0, 0.1) is 11.3 Å². The molecule has 4 N–H and O–H groups in total. The van der Waals surface area contributed by atoms with Gasteiger partial charge in [0, 0.05) is 12.5 Å². The number of carbonyl (C=O) groups is 1. The van der Waals surface area contributed by atoms with Gasteiger partial charge in [-0.1, -0.05) is 26.8 Å². The Bertz CT molecular complexity index is 540. The van der Waals surface area contributed by atoms with E-state index in [1.54, 1.807) is 0 Å². The minimum Gasteiger partial charge on any atom is -0.481 e. The number of nitrogens with one attached hydrogen (secondary N) is 1. The summed E-state index contributed by atoms with van der Waals surface area (Å²) in [6.07, 6.45) is 4.25. The molecule has 4 nitrogen and oxygen atoms in total. The average molecular weight is 304 g/mol. The van der Waals surface area contributed by atoms with Gasteiger partial charge in [-0.15, -0.1) is 0 Å². The third-order valence-electron chi connectivity index (χ3n) is 4.49. The predicted octanol–water partition coefficient (Wildman–Crippen LogP) is 3.91. The van der Waals surface area contributed by atoms with Crippen LogP contribution in [0.15, 0.2) is 18.2 Å². The molecule has 0 amide bonds. The summed E-state index contributed by atoms with van der Waals surface area (Å²) in [5.41, 5.74) is 9.15. The second-order valence-corrected chi connectivity index (χ2v) is 7.57. The van der Waals surface area contributed by atoms with Crippen molar-refractivity contribution in [1.82, 2.24) is 0 Å². The molecule has 1 aromatic carbocycles. The summed E-state index contributed by atoms with van der Waals surface area (Å²) in [5.74, 6) is -0.0588. The highest BCUT2D eigenvalue weighted by molar-refractivity contribution is 5.69. The standard InChI is InChI=1S/C18H28N2O2/c1-12-8-14(11-18(2,3)10-12)20-16-6-4-13(9-15(16)19)5-7-17(21)22/h4,6,9,12,14,20H,5,7-8,10-11,19H2,1-3H3,(H,21,22)/t12-,14+/m0/s1. The van der Waals surface area contributed by atoms with Crippen molar-refractivity contribution in [1.29, 1.82) is 0 Å². The van der Waals surface area contributed by atoms with Gasteiger partial charge in [0.2, 0.25) is 0 Å². The summed E-state index contributed by atoms with van der Waals surface area (Å²) in [6, 6.07) is 6.30. The molecule has 0 heterocycles. The van der Waals surface area contributed by atoms with Crippen LogP contribution in [-0.2, 0) is 11.2 Å². The lowest BCUT2D eigenvalue weighted by molar-refractivity contribution is -0.136. The van der Waals surface area contributed by atoms with Crippen molar-refractivity contribution in [2.75, 3.05) is 11.1 Å². The lowest BCUT2D eigenvalue weighted by Gasteiger charge is -2.39. The number of carboxylic acids is 1. The molecule has 0 aliphatic heterocycles. The van der Waals surface area contributed by atoms with Gasteiger partial charge < -0.3 is 16.2 Å². The molecule has 4 heteroatoms. The normalized spacial score (nSPS) is 24.0. The molecule has 1 aliphatic rings. The number of rotatable bonds is 5. The minimum atomic E-state index is -0.779. The zero-order valence-corrected chi connectivity index (χ0v) is 13.9. The fourth-order valence-electron chi connectivity index (χ4n) is 3.83. The monoisotopic (exact) mass is 304 g/mol. The van der Waals surface area contributed by atoms with E-state index < -0.39 is 5.97 Å². The third-order valence-corrected chi connectivity index (χ3v) is 4.49. The Labute approximate surface area is 133 Å². The van der Waals surface area contributed by atoms with Gasteiger partial charge in [-0.3, -0.25) is 4.79 Å². The molecule has 1 aromatic rings. The number of aliphatic carboxylic acids is 1. The van der Waals surface area contributed by atoms with E-state index in [-0.39, 0.29) is 6.42 Å². The van der Waals surface area contributed by atoms with Crippen LogP contribution in [-0.4, -0.2) is 17.1 Å². The first kappa shape index (κ1) is 16.7. The highest BCUT2D eigenvalue weighted by Crippen LogP contribution is 2.40. The molecule has 0 unspecified atom stereocenters. The second-order valence-electron chi connectivity index (χ2n) is 7.57. The summed E-state index contributed by atoms with van der Waals surface area (Å²) >= 11 is 0. The molecule has 0 radical (unpaired) electrons. The number of hydrogen-bond acceptors (Lipinski definition) is 3. The van der Waals surface area contributed by atoms with E-state index in [1.807, 2.05) is 18.2 Å². The van der Waals surface area contributed by atoms with Gasteiger partial charge in [0.15, 0.2) is 0 Å². The average Bonchev–Trinajstić information content (AvgIpc) is 2.36. The number of carboxylic acid groups (broad SMARTS) is 1. The number of hydrogen-bond donors (Lipinski definition) is 3. The Morgan fingerprint density at radius 3 is 2.73 bits per heavy atom. The summed E-state index contributed by atoms with van der Waals surface area (Å²) < 4.78 is 0. The van der Waals surface area contributed by atoms with Gasteiger partial charge >= 0.3 is 5.97 Å². The van der Waals surface area contributed by atoms with Crippen LogP contribution in [0.25, 0.3) is 0 Å². The highest BCUT2D eigenvalue weighted by Gasteiger charge is 2.32. The van der Waals surface area contributed by atoms with Crippen LogP contribution in [0.4, 0.5) is 11.4 Å². The Kier molecular flexibility index (Phi) is 4.99. The molecule has 0 spiro atoms. The van der Waals surface area contributed by atoms with E-state index >= 15 is 0 Å². The van der Waals surface area contributed by atoms with Gasteiger partial charge in [0.1, 0.15) is 0 Å². The molecular weight excluding hydrogens is 276 g/mol. The largest absolute Gasteiger partial charge is 0.481 e. The second kappa shape index (κ2) is 6.59. The first-order chi connectivity index (χ1) is 10.2. The molecule has 122 valence electrons. The quantitative estimate of drug-likeness (QED) is 0.721. The topological polar surface area (TPSA) is 75.3 Å². The molecule has 1 fully saturated rings. The minimum absolute atomic E-state index is 0.139. The van der Waals surface area contributed by atoms with E-state index in [2.05, 4.69) is 26.1 Å². The van der Waals surface area contributed by atoms with E-state index in [1.165, 1.54) is 12.8 Å². The van der Waals surface area contributed by atoms with Gasteiger partial charge in [-0.05, 0) is 54.7 Å². The summed E-state index contributed by atoms with van der Waals surface area (Å²) in [4.78, 5) is 10.6. The molecule has 1 saturated carbocycles. The van der Waals surface area contributed by atoms with Crippen LogP contribution in [0.1, 0.15) is 52.0 Å². The van der Waals surface area contributed by atoms with Crippen molar-refractivity contribution in [2.45, 2.75) is 58.9 Å². The van der Waals surface area contributed by atoms with Gasteiger partial charge in [-0.2, -0.15) is 0 Å². The van der Waals surface area contributed by atoms with Gasteiger partial charge in [0.25, 0.3) is 0 Å². The number of anilines is 2. The molecule has 1 aliphatic carbocycles. The van der Waals surface area contributed by atoms with Crippen LogP contribution in [0.2, 0.25) is 0 Å². The van der Waals surface area contributed by atoms with Crippen LogP contribution in [0.3, 0.4) is 0 Å². The van der Waals surface area contributed by atoms with Crippen molar-refractivity contribution in [3.63, 3.8) is 0 Å². The fourth-order valence-corrected chi connectivity index (χ4v) is 3.83. The molecule has 22 heavy (non-hydrogen) atoms. The third kappa shape index (κ3) is 4.65. The molecule has 0 saturated heterocycles. The zero-order valence-electron chi connectivity index (χ0n) is 13.9. The number of nitrogens with two attached hydrogens (primary N) is 1. The van der Waals surface area contributed by atoms with Crippen LogP contribution < -0.4 is 11.1 Å². The zero-order chi connectivity index (χ0) is 16.3.